The van der Waals surface area contributed by atoms with Crippen LogP contribution in [0.3, 0.4) is 0 Å². The van der Waals surface area contributed by atoms with E-state index in [1.807, 2.05) is 20.8 Å². The van der Waals surface area contributed by atoms with Crippen molar-refractivity contribution in [2.24, 2.45) is 0 Å². The average Bonchev–Trinajstić information content (AvgIpc) is 2.62. The molecule has 2 aromatic carbocycles. The summed E-state index contributed by atoms with van der Waals surface area (Å²) in [5.74, 6) is -0.392. The Morgan fingerprint density at radius 3 is 2.10 bits per heavy atom. The Labute approximate surface area is 187 Å². The van der Waals surface area contributed by atoms with E-state index in [9.17, 15) is 9.59 Å². The van der Waals surface area contributed by atoms with Gasteiger partial charge in [-0.3, -0.25) is 9.59 Å². The van der Waals surface area contributed by atoms with Crippen LogP contribution in [0.1, 0.15) is 38.8 Å². The Morgan fingerprint density at radius 1 is 0.966 bits per heavy atom. The molecule has 0 saturated carbocycles. The first-order valence-corrected chi connectivity index (χ1v) is 10.4. The SMILES string of the molecule is CC(C(=O)NC(C)(C)C)N(Cc1ccc(Cl)c(Cl)c1)C(=O)Cc1ccc(Cl)cc1. The third-order valence-corrected chi connectivity index (χ3v) is 5.26. The van der Waals surface area contributed by atoms with E-state index < -0.39 is 11.6 Å². The fraction of sp³-hybridized carbons (Fsp3) is 0.364. The lowest BCUT2D eigenvalue weighted by Crippen LogP contribution is -2.52. The Morgan fingerprint density at radius 2 is 1.55 bits per heavy atom. The lowest BCUT2D eigenvalue weighted by Gasteiger charge is -2.31. The number of benzene rings is 2. The van der Waals surface area contributed by atoms with Crippen molar-refractivity contribution < 1.29 is 9.59 Å². The Balaban J connectivity index is 2.27. The van der Waals surface area contributed by atoms with E-state index in [4.69, 9.17) is 34.8 Å². The van der Waals surface area contributed by atoms with E-state index in [0.29, 0.717) is 15.1 Å². The number of amides is 2. The molecule has 0 saturated heterocycles. The minimum absolute atomic E-state index is 0.158. The summed E-state index contributed by atoms with van der Waals surface area (Å²) in [5.41, 5.74) is 1.21. The smallest absolute Gasteiger partial charge is 0.242 e. The summed E-state index contributed by atoms with van der Waals surface area (Å²) >= 11 is 18.0. The maximum Gasteiger partial charge on any atom is 0.242 e. The molecule has 0 aliphatic carbocycles. The van der Waals surface area contributed by atoms with E-state index in [1.165, 1.54) is 0 Å². The molecule has 2 aromatic rings. The summed E-state index contributed by atoms with van der Waals surface area (Å²) in [4.78, 5) is 27.4. The molecule has 0 fully saturated rings. The Hall–Kier alpha value is -1.75. The van der Waals surface area contributed by atoms with Crippen molar-refractivity contribution in [3.63, 3.8) is 0 Å². The van der Waals surface area contributed by atoms with Crippen LogP contribution in [-0.2, 0) is 22.6 Å². The van der Waals surface area contributed by atoms with E-state index >= 15 is 0 Å². The van der Waals surface area contributed by atoms with Crippen molar-refractivity contribution in [2.45, 2.75) is 52.2 Å². The molecule has 2 amide bonds. The highest BCUT2D eigenvalue weighted by Gasteiger charge is 2.28. The molecule has 0 radical (unpaired) electrons. The molecular weight excluding hydrogens is 431 g/mol. The standard InChI is InChI=1S/C22H25Cl3N2O2/c1-14(21(29)26-22(2,3)4)27(13-16-7-10-18(24)19(25)11-16)20(28)12-15-5-8-17(23)9-6-15/h5-11,14H,12-13H2,1-4H3,(H,26,29). The van der Waals surface area contributed by atoms with Crippen LogP contribution in [-0.4, -0.2) is 28.3 Å². The minimum Gasteiger partial charge on any atom is -0.350 e. The van der Waals surface area contributed by atoms with E-state index in [1.54, 1.807) is 54.3 Å². The number of nitrogens with zero attached hydrogens (tertiary/aromatic N) is 1. The topological polar surface area (TPSA) is 49.4 Å². The molecule has 156 valence electrons. The number of halogens is 3. The van der Waals surface area contributed by atoms with Crippen molar-refractivity contribution >= 4 is 46.6 Å². The van der Waals surface area contributed by atoms with Gasteiger partial charge >= 0.3 is 0 Å². The largest absolute Gasteiger partial charge is 0.350 e. The number of hydrogen-bond donors (Lipinski definition) is 1. The van der Waals surface area contributed by atoms with E-state index in [2.05, 4.69) is 5.32 Å². The zero-order valence-electron chi connectivity index (χ0n) is 16.9. The van der Waals surface area contributed by atoms with E-state index in [-0.39, 0.29) is 24.8 Å². The predicted octanol–water partition coefficient (Wildman–Crippen LogP) is 5.52. The molecule has 1 atom stereocenters. The second kappa shape index (κ2) is 9.84. The molecule has 7 heteroatoms. The highest BCUT2D eigenvalue weighted by molar-refractivity contribution is 6.42. The first-order valence-electron chi connectivity index (χ1n) is 9.26. The molecule has 0 aromatic heterocycles. The van der Waals surface area contributed by atoms with Crippen molar-refractivity contribution in [3.05, 3.63) is 68.7 Å². The molecule has 0 heterocycles. The molecule has 1 unspecified atom stereocenters. The predicted molar refractivity (Wildman–Crippen MR) is 120 cm³/mol. The van der Waals surface area contributed by atoms with Gasteiger partial charge in [-0.2, -0.15) is 0 Å². The van der Waals surface area contributed by atoms with Gasteiger partial charge in [0.25, 0.3) is 0 Å². The summed E-state index contributed by atoms with van der Waals surface area (Å²) in [6, 6.07) is 11.6. The zero-order chi connectivity index (χ0) is 21.8. The van der Waals surface area contributed by atoms with Crippen LogP contribution < -0.4 is 5.32 Å². The summed E-state index contributed by atoms with van der Waals surface area (Å²) in [6.45, 7) is 7.66. The molecule has 2 rings (SSSR count). The van der Waals surface area contributed by atoms with Gasteiger partial charge in [-0.25, -0.2) is 0 Å². The van der Waals surface area contributed by atoms with Crippen molar-refractivity contribution in [3.8, 4) is 0 Å². The zero-order valence-corrected chi connectivity index (χ0v) is 19.2. The third kappa shape index (κ3) is 7.22. The summed E-state index contributed by atoms with van der Waals surface area (Å²) in [5, 5.41) is 4.38. The van der Waals surface area contributed by atoms with Gasteiger partial charge in [0.15, 0.2) is 0 Å². The maximum absolute atomic E-state index is 13.1. The number of carbonyl (C=O) groups excluding carboxylic acids is 2. The van der Waals surface area contributed by atoms with Gasteiger partial charge in [0.05, 0.1) is 16.5 Å². The third-order valence-electron chi connectivity index (χ3n) is 4.27. The molecule has 1 N–H and O–H groups in total. The van der Waals surface area contributed by atoms with Gasteiger partial charge in [-0.15, -0.1) is 0 Å². The number of rotatable bonds is 6. The number of hydrogen-bond acceptors (Lipinski definition) is 2. The average molecular weight is 456 g/mol. The molecule has 29 heavy (non-hydrogen) atoms. The molecule has 0 bridgehead atoms. The van der Waals surface area contributed by atoms with Crippen LogP contribution in [0.5, 0.6) is 0 Å². The minimum atomic E-state index is -0.663. The van der Waals surface area contributed by atoms with E-state index in [0.717, 1.165) is 11.1 Å². The molecule has 0 spiro atoms. The number of carbonyl (C=O) groups is 2. The number of nitrogens with one attached hydrogen (secondary N) is 1. The van der Waals surface area contributed by atoms with Crippen LogP contribution in [0.15, 0.2) is 42.5 Å². The van der Waals surface area contributed by atoms with Crippen LogP contribution in [0.25, 0.3) is 0 Å². The Kier molecular flexibility index (Phi) is 7.98. The van der Waals surface area contributed by atoms with Crippen LogP contribution >= 0.6 is 34.8 Å². The first kappa shape index (κ1) is 23.5. The van der Waals surface area contributed by atoms with Gasteiger partial charge in [0.2, 0.25) is 11.8 Å². The molecule has 4 nitrogen and oxygen atoms in total. The van der Waals surface area contributed by atoms with Crippen molar-refractivity contribution in [1.82, 2.24) is 10.2 Å². The Bertz CT molecular complexity index is 877. The highest BCUT2D eigenvalue weighted by Crippen LogP contribution is 2.24. The molecule has 0 aliphatic rings. The van der Waals surface area contributed by atoms with Gasteiger partial charge < -0.3 is 10.2 Å². The highest BCUT2D eigenvalue weighted by atomic mass is 35.5. The quantitative estimate of drug-likeness (QED) is 0.623. The van der Waals surface area contributed by atoms with Gasteiger partial charge in [0, 0.05) is 17.1 Å². The fourth-order valence-corrected chi connectivity index (χ4v) is 3.22. The van der Waals surface area contributed by atoms with Gasteiger partial charge in [-0.05, 0) is 63.1 Å². The first-order chi connectivity index (χ1) is 13.5. The second-order valence-corrected chi connectivity index (χ2v) is 9.24. The van der Waals surface area contributed by atoms with Crippen molar-refractivity contribution in [2.75, 3.05) is 0 Å². The summed E-state index contributed by atoms with van der Waals surface area (Å²) in [7, 11) is 0. The lowest BCUT2D eigenvalue weighted by molar-refractivity contribution is -0.140. The maximum atomic E-state index is 13.1. The van der Waals surface area contributed by atoms with Crippen LogP contribution in [0.4, 0.5) is 0 Å². The lowest BCUT2D eigenvalue weighted by atomic mass is 10.1. The van der Waals surface area contributed by atoms with Gasteiger partial charge in [0.1, 0.15) is 6.04 Å². The fourth-order valence-electron chi connectivity index (χ4n) is 2.77. The summed E-state index contributed by atoms with van der Waals surface area (Å²) < 4.78 is 0. The van der Waals surface area contributed by atoms with Gasteiger partial charge in [-0.1, -0.05) is 53.0 Å². The second-order valence-electron chi connectivity index (χ2n) is 7.99. The molecular formula is C22H25Cl3N2O2. The van der Waals surface area contributed by atoms with Crippen molar-refractivity contribution in [1.29, 1.82) is 0 Å². The molecule has 0 aliphatic heterocycles. The monoisotopic (exact) mass is 454 g/mol. The van der Waals surface area contributed by atoms with Crippen LogP contribution in [0, 0.1) is 0 Å². The van der Waals surface area contributed by atoms with Crippen LogP contribution in [0.2, 0.25) is 15.1 Å². The summed E-state index contributed by atoms with van der Waals surface area (Å²) in [6.07, 6.45) is 0.158. The normalized spacial score (nSPS) is 12.4.